The number of ether oxygens (including phenoxy) is 1. The largest absolute Gasteiger partial charge is 0.412 e. The van der Waals surface area contributed by atoms with Crippen molar-refractivity contribution in [2.75, 3.05) is 13.1 Å². The molecule has 2 N–H and O–H groups in total. The van der Waals surface area contributed by atoms with E-state index in [1.165, 1.54) is 29.6 Å². The number of aryl methyl sites for hydroxylation is 3. The molecule has 8 heteroatoms. The van der Waals surface area contributed by atoms with Crippen molar-refractivity contribution in [3.05, 3.63) is 82.7 Å². The van der Waals surface area contributed by atoms with Crippen molar-refractivity contribution in [1.82, 2.24) is 30.5 Å². The van der Waals surface area contributed by atoms with Crippen LogP contribution in [-0.2, 0) is 19.5 Å². The summed E-state index contributed by atoms with van der Waals surface area (Å²) in [4.78, 5) is 28.1. The molecule has 1 unspecified atom stereocenters. The molecule has 5 rings (SSSR count). The van der Waals surface area contributed by atoms with Gasteiger partial charge in [0.05, 0.1) is 23.1 Å². The van der Waals surface area contributed by atoms with Gasteiger partial charge in [0.1, 0.15) is 6.33 Å². The SMILES string of the molecule is Cc1ncnc(C)c1OC(=O)NCc1ccc(CN(C2CCNCC2)C2CCCc3cccnc32)cc1. The number of hydrogen-bond acceptors (Lipinski definition) is 7. The number of benzene rings is 1. The Balaban J connectivity index is 1.24. The maximum absolute atomic E-state index is 12.3. The van der Waals surface area contributed by atoms with E-state index < -0.39 is 6.09 Å². The van der Waals surface area contributed by atoms with Gasteiger partial charge in [-0.3, -0.25) is 9.88 Å². The van der Waals surface area contributed by atoms with Crippen LogP contribution in [0.2, 0.25) is 0 Å². The first kappa shape index (κ1) is 25.3. The summed E-state index contributed by atoms with van der Waals surface area (Å²) >= 11 is 0. The summed E-state index contributed by atoms with van der Waals surface area (Å²) in [7, 11) is 0. The lowest BCUT2D eigenvalue weighted by atomic mass is 9.88. The second-order valence-electron chi connectivity index (χ2n) is 10.0. The number of pyridine rings is 1. The number of aromatic nitrogens is 3. The highest BCUT2D eigenvalue weighted by molar-refractivity contribution is 5.70. The molecule has 1 aliphatic carbocycles. The van der Waals surface area contributed by atoms with Crippen molar-refractivity contribution >= 4 is 6.09 Å². The fraction of sp³-hybridized carbons (Fsp3) is 0.448. The van der Waals surface area contributed by atoms with Crippen LogP contribution in [0.5, 0.6) is 5.75 Å². The molecule has 1 aliphatic heterocycles. The lowest BCUT2D eigenvalue weighted by molar-refractivity contribution is 0.0861. The molecular weight excluding hydrogens is 464 g/mol. The molecule has 0 spiro atoms. The third kappa shape index (κ3) is 6.14. The van der Waals surface area contributed by atoms with Crippen LogP contribution < -0.4 is 15.4 Å². The van der Waals surface area contributed by atoms with Gasteiger partial charge in [-0.15, -0.1) is 0 Å². The summed E-state index contributed by atoms with van der Waals surface area (Å²) in [5, 5.41) is 6.35. The molecule has 2 aliphatic rings. The maximum atomic E-state index is 12.3. The number of hydrogen-bond donors (Lipinski definition) is 2. The molecular formula is C29H36N6O2. The van der Waals surface area contributed by atoms with E-state index in [2.05, 4.69) is 61.9 Å². The average molecular weight is 501 g/mol. The monoisotopic (exact) mass is 500 g/mol. The normalized spacial score (nSPS) is 17.9. The molecule has 0 bridgehead atoms. The molecule has 1 atom stereocenters. The van der Waals surface area contributed by atoms with E-state index in [0.29, 0.717) is 35.8 Å². The van der Waals surface area contributed by atoms with E-state index >= 15 is 0 Å². The number of amides is 1. The minimum Gasteiger partial charge on any atom is -0.406 e. The highest BCUT2D eigenvalue weighted by atomic mass is 16.6. The van der Waals surface area contributed by atoms with Gasteiger partial charge in [-0.05, 0) is 81.8 Å². The van der Waals surface area contributed by atoms with Crippen LogP contribution in [0.15, 0.2) is 48.9 Å². The summed E-state index contributed by atoms with van der Waals surface area (Å²) in [6, 6.07) is 13.7. The third-order valence-corrected chi connectivity index (χ3v) is 7.52. The van der Waals surface area contributed by atoms with E-state index in [9.17, 15) is 4.79 Å². The number of rotatable bonds is 7. The van der Waals surface area contributed by atoms with Crippen molar-refractivity contribution in [2.24, 2.45) is 0 Å². The predicted octanol–water partition coefficient (Wildman–Crippen LogP) is 4.41. The van der Waals surface area contributed by atoms with Crippen molar-refractivity contribution in [3.8, 4) is 5.75 Å². The molecule has 1 aromatic carbocycles. The molecule has 3 heterocycles. The second kappa shape index (κ2) is 11.8. The van der Waals surface area contributed by atoms with Crippen molar-refractivity contribution in [2.45, 2.75) is 71.1 Å². The minimum absolute atomic E-state index is 0.359. The zero-order chi connectivity index (χ0) is 25.6. The molecule has 2 aromatic heterocycles. The van der Waals surface area contributed by atoms with Crippen LogP contribution in [0.3, 0.4) is 0 Å². The van der Waals surface area contributed by atoms with Gasteiger partial charge in [0.15, 0.2) is 5.75 Å². The number of carbonyl (C=O) groups is 1. The Kier molecular flexibility index (Phi) is 8.06. The van der Waals surface area contributed by atoms with Gasteiger partial charge in [-0.25, -0.2) is 14.8 Å². The zero-order valence-corrected chi connectivity index (χ0v) is 21.7. The van der Waals surface area contributed by atoms with Crippen molar-refractivity contribution in [3.63, 3.8) is 0 Å². The smallest absolute Gasteiger partial charge is 0.406 e. The van der Waals surface area contributed by atoms with Gasteiger partial charge >= 0.3 is 6.09 Å². The fourth-order valence-corrected chi connectivity index (χ4v) is 5.55. The Morgan fingerprint density at radius 1 is 1.03 bits per heavy atom. The topological polar surface area (TPSA) is 92.3 Å². The zero-order valence-electron chi connectivity index (χ0n) is 21.7. The van der Waals surface area contributed by atoms with E-state index in [1.54, 1.807) is 13.8 Å². The highest BCUT2D eigenvalue weighted by Gasteiger charge is 2.32. The molecule has 0 saturated carbocycles. The summed E-state index contributed by atoms with van der Waals surface area (Å²) in [5.74, 6) is 0.409. The maximum Gasteiger partial charge on any atom is 0.412 e. The quantitative estimate of drug-likeness (QED) is 0.496. The van der Waals surface area contributed by atoms with Crippen molar-refractivity contribution < 1.29 is 9.53 Å². The number of nitrogens with one attached hydrogen (secondary N) is 2. The molecule has 3 aromatic rings. The molecule has 1 fully saturated rings. The van der Waals surface area contributed by atoms with Gasteiger partial charge in [0, 0.05) is 25.3 Å². The Morgan fingerprint density at radius 2 is 1.76 bits per heavy atom. The summed E-state index contributed by atoms with van der Waals surface area (Å²) in [6.45, 7) is 7.02. The first-order chi connectivity index (χ1) is 18.1. The van der Waals surface area contributed by atoms with Crippen LogP contribution in [0, 0.1) is 13.8 Å². The molecule has 194 valence electrons. The molecule has 0 radical (unpaired) electrons. The Hall–Kier alpha value is -3.36. The van der Waals surface area contributed by atoms with Crippen LogP contribution in [0.1, 0.15) is 65.5 Å². The number of carbonyl (C=O) groups excluding carboxylic acids is 1. The molecule has 1 saturated heterocycles. The van der Waals surface area contributed by atoms with Crippen LogP contribution in [0.25, 0.3) is 0 Å². The van der Waals surface area contributed by atoms with Crippen LogP contribution in [0.4, 0.5) is 4.79 Å². The van der Waals surface area contributed by atoms with Gasteiger partial charge in [-0.2, -0.15) is 0 Å². The highest BCUT2D eigenvalue weighted by Crippen LogP contribution is 2.36. The Labute approximate surface area is 218 Å². The summed E-state index contributed by atoms with van der Waals surface area (Å²) in [5.41, 5.74) is 6.25. The van der Waals surface area contributed by atoms with E-state index in [-0.39, 0.29) is 0 Å². The molecule has 1 amide bonds. The first-order valence-corrected chi connectivity index (χ1v) is 13.3. The van der Waals surface area contributed by atoms with Crippen LogP contribution >= 0.6 is 0 Å². The first-order valence-electron chi connectivity index (χ1n) is 13.3. The van der Waals surface area contributed by atoms with Crippen LogP contribution in [-0.4, -0.2) is 45.1 Å². The minimum atomic E-state index is -0.509. The lowest BCUT2D eigenvalue weighted by Gasteiger charge is -2.42. The average Bonchev–Trinajstić information content (AvgIpc) is 2.93. The summed E-state index contributed by atoms with van der Waals surface area (Å²) < 4.78 is 5.44. The van der Waals surface area contributed by atoms with E-state index in [0.717, 1.165) is 50.9 Å². The number of nitrogens with zero attached hydrogens (tertiary/aromatic N) is 4. The predicted molar refractivity (Wildman–Crippen MR) is 142 cm³/mol. The second-order valence-corrected chi connectivity index (χ2v) is 10.0. The molecule has 37 heavy (non-hydrogen) atoms. The number of piperidine rings is 1. The Morgan fingerprint density at radius 3 is 2.51 bits per heavy atom. The fourth-order valence-electron chi connectivity index (χ4n) is 5.55. The summed E-state index contributed by atoms with van der Waals surface area (Å²) in [6.07, 6.45) is 8.71. The number of fused-ring (bicyclic) bond motifs is 1. The van der Waals surface area contributed by atoms with Gasteiger partial charge < -0.3 is 15.4 Å². The Bertz CT molecular complexity index is 1190. The lowest BCUT2D eigenvalue weighted by Crippen LogP contribution is -2.45. The third-order valence-electron chi connectivity index (χ3n) is 7.52. The van der Waals surface area contributed by atoms with Gasteiger partial charge in [-0.1, -0.05) is 30.3 Å². The van der Waals surface area contributed by atoms with Crippen molar-refractivity contribution in [1.29, 1.82) is 0 Å². The molecule has 8 nitrogen and oxygen atoms in total. The van der Waals surface area contributed by atoms with Gasteiger partial charge in [0.25, 0.3) is 0 Å². The van der Waals surface area contributed by atoms with E-state index in [4.69, 9.17) is 9.72 Å². The van der Waals surface area contributed by atoms with Gasteiger partial charge in [0.2, 0.25) is 0 Å². The standard InChI is InChI=1S/C29H36N6O2/c1-20-28(21(2)34-19-33-20)37-29(36)32-17-22-8-10-23(11-9-22)18-35(25-12-15-30-16-13-25)26-7-3-5-24-6-4-14-31-27(24)26/h4,6,8-11,14,19,25-26,30H,3,5,7,12-13,15-18H2,1-2H3,(H,32,36). The van der Waals surface area contributed by atoms with E-state index in [1.807, 2.05) is 6.20 Å².